The highest BCUT2D eigenvalue weighted by atomic mass is 16.6. The Balaban J connectivity index is 1.79. The molecule has 1 aliphatic rings. The van der Waals surface area contributed by atoms with E-state index in [1.54, 1.807) is 7.05 Å². The fourth-order valence-electron chi connectivity index (χ4n) is 2.98. The van der Waals surface area contributed by atoms with Gasteiger partial charge in [-0.25, -0.2) is 4.79 Å². The minimum absolute atomic E-state index is 0.0901. The second-order valence-corrected chi connectivity index (χ2v) is 6.36. The van der Waals surface area contributed by atoms with Crippen LogP contribution in [-0.2, 0) is 14.3 Å². The van der Waals surface area contributed by atoms with Gasteiger partial charge in [0.05, 0.1) is 11.0 Å². The Hall–Kier alpha value is -3.15. The minimum atomic E-state index is -0.836. The van der Waals surface area contributed by atoms with Crippen LogP contribution >= 0.6 is 0 Å². The first-order chi connectivity index (χ1) is 12.9. The Kier molecular flexibility index (Phi) is 6.71. The van der Waals surface area contributed by atoms with Gasteiger partial charge < -0.3 is 14.4 Å². The molecule has 1 aromatic carbocycles. The second-order valence-electron chi connectivity index (χ2n) is 6.36. The lowest BCUT2D eigenvalue weighted by molar-refractivity contribution is -0.384. The number of nitro groups is 1. The Morgan fingerprint density at radius 2 is 1.85 bits per heavy atom. The lowest BCUT2D eigenvalue weighted by atomic mass is 9.81. The van der Waals surface area contributed by atoms with Crippen LogP contribution in [0.2, 0.25) is 0 Å². The summed E-state index contributed by atoms with van der Waals surface area (Å²) in [4.78, 5) is 35.4. The largest absolute Gasteiger partial charge is 0.482 e. The number of nitro benzene ring substituents is 1. The zero-order valence-corrected chi connectivity index (χ0v) is 15.1. The maximum absolute atomic E-state index is 12.3. The molecule has 9 nitrogen and oxygen atoms in total. The molecular formula is C18H21N3O6. The highest BCUT2D eigenvalue weighted by Crippen LogP contribution is 2.32. The number of carbonyl (C=O) groups is 2. The number of nitrogens with zero attached hydrogens (tertiary/aromatic N) is 3. The predicted molar refractivity (Wildman–Crippen MR) is 93.7 cm³/mol. The monoisotopic (exact) mass is 375 g/mol. The van der Waals surface area contributed by atoms with Crippen molar-refractivity contribution < 1.29 is 24.0 Å². The van der Waals surface area contributed by atoms with Crippen molar-refractivity contribution in [1.29, 1.82) is 5.26 Å². The van der Waals surface area contributed by atoms with E-state index in [4.69, 9.17) is 9.47 Å². The summed E-state index contributed by atoms with van der Waals surface area (Å²) in [5.74, 6) is -0.918. The molecule has 1 aromatic rings. The molecule has 0 radical (unpaired) electrons. The van der Waals surface area contributed by atoms with Gasteiger partial charge in [-0.15, -0.1) is 0 Å². The zero-order valence-electron chi connectivity index (χ0n) is 15.1. The van der Waals surface area contributed by atoms with Crippen molar-refractivity contribution in [2.24, 2.45) is 0 Å². The van der Waals surface area contributed by atoms with E-state index in [1.165, 1.54) is 29.2 Å². The molecule has 0 unspecified atom stereocenters. The van der Waals surface area contributed by atoms with Crippen LogP contribution in [0, 0.1) is 21.4 Å². The number of benzene rings is 1. The summed E-state index contributed by atoms with van der Waals surface area (Å²) in [7, 11) is 1.55. The van der Waals surface area contributed by atoms with Gasteiger partial charge in [0.15, 0.2) is 13.2 Å². The van der Waals surface area contributed by atoms with Gasteiger partial charge in [-0.05, 0) is 25.0 Å². The first-order valence-electron chi connectivity index (χ1n) is 8.59. The fourth-order valence-corrected chi connectivity index (χ4v) is 2.98. The third-order valence-electron chi connectivity index (χ3n) is 4.67. The van der Waals surface area contributed by atoms with Gasteiger partial charge in [0.1, 0.15) is 11.3 Å². The van der Waals surface area contributed by atoms with Crippen LogP contribution in [-0.4, -0.2) is 47.5 Å². The van der Waals surface area contributed by atoms with Crippen LogP contribution in [0.3, 0.4) is 0 Å². The normalized spacial score (nSPS) is 15.3. The molecular weight excluding hydrogens is 354 g/mol. The molecule has 0 saturated heterocycles. The molecule has 0 atom stereocenters. The van der Waals surface area contributed by atoms with Gasteiger partial charge in [0.2, 0.25) is 0 Å². The molecule has 0 N–H and O–H groups in total. The fraction of sp³-hybridized carbons (Fsp3) is 0.500. The molecule has 0 aliphatic heterocycles. The van der Waals surface area contributed by atoms with Gasteiger partial charge in [0, 0.05) is 19.2 Å². The number of non-ortho nitro benzene ring substituents is 1. The highest BCUT2D eigenvalue weighted by molar-refractivity contribution is 5.81. The van der Waals surface area contributed by atoms with Crippen molar-refractivity contribution >= 4 is 17.6 Å². The maximum Gasteiger partial charge on any atom is 0.344 e. The molecule has 0 aromatic heterocycles. The summed E-state index contributed by atoms with van der Waals surface area (Å²) in [6.07, 6.45) is 4.04. The summed E-state index contributed by atoms with van der Waals surface area (Å²) >= 11 is 0. The summed E-state index contributed by atoms with van der Waals surface area (Å²) in [5, 5.41) is 20.1. The van der Waals surface area contributed by atoms with Gasteiger partial charge in [-0.2, -0.15) is 5.26 Å². The standard InChI is InChI=1S/C18H21N3O6/c1-20(18(13-19)9-3-2-4-10-18)16(22)11-27-17(23)12-26-15-7-5-14(6-8-15)21(24)25/h5-8H,2-4,9-12H2,1H3. The van der Waals surface area contributed by atoms with E-state index in [0.29, 0.717) is 12.8 Å². The van der Waals surface area contributed by atoms with E-state index in [9.17, 15) is 25.0 Å². The number of hydrogen-bond acceptors (Lipinski definition) is 7. The van der Waals surface area contributed by atoms with Crippen molar-refractivity contribution in [1.82, 2.24) is 4.90 Å². The molecule has 9 heteroatoms. The van der Waals surface area contributed by atoms with E-state index in [-0.39, 0.29) is 11.4 Å². The molecule has 27 heavy (non-hydrogen) atoms. The van der Waals surface area contributed by atoms with Crippen molar-refractivity contribution in [3.63, 3.8) is 0 Å². The van der Waals surface area contributed by atoms with Crippen molar-refractivity contribution in [2.75, 3.05) is 20.3 Å². The first-order valence-corrected chi connectivity index (χ1v) is 8.59. The van der Waals surface area contributed by atoms with Crippen molar-refractivity contribution in [3.8, 4) is 11.8 Å². The first kappa shape index (κ1) is 20.2. The molecule has 144 valence electrons. The Labute approximate surface area is 156 Å². The van der Waals surface area contributed by atoms with Crippen LogP contribution in [0.15, 0.2) is 24.3 Å². The van der Waals surface area contributed by atoms with Crippen LogP contribution in [0.5, 0.6) is 5.75 Å². The summed E-state index contributed by atoms with van der Waals surface area (Å²) in [5.41, 5.74) is -0.926. The van der Waals surface area contributed by atoms with Gasteiger partial charge in [0.25, 0.3) is 11.6 Å². The Bertz CT molecular complexity index is 734. The molecule has 1 amide bonds. The SMILES string of the molecule is CN(C(=O)COC(=O)COc1ccc([N+](=O)[O-])cc1)C1(C#N)CCCCC1. The van der Waals surface area contributed by atoms with Crippen LogP contribution in [0.4, 0.5) is 5.69 Å². The average Bonchev–Trinajstić information content (AvgIpc) is 2.70. The van der Waals surface area contributed by atoms with Gasteiger partial charge in [-0.3, -0.25) is 14.9 Å². The second kappa shape index (κ2) is 8.98. The summed E-state index contributed by atoms with van der Waals surface area (Å²) in [6, 6.07) is 7.48. The summed E-state index contributed by atoms with van der Waals surface area (Å²) < 4.78 is 10.1. The average molecular weight is 375 g/mol. The van der Waals surface area contributed by atoms with Crippen molar-refractivity contribution in [3.05, 3.63) is 34.4 Å². The lowest BCUT2D eigenvalue weighted by Gasteiger charge is -2.38. The van der Waals surface area contributed by atoms with E-state index in [0.717, 1.165) is 19.3 Å². The molecule has 2 rings (SSSR count). The number of hydrogen-bond donors (Lipinski definition) is 0. The van der Waals surface area contributed by atoms with Crippen LogP contribution in [0.25, 0.3) is 0 Å². The van der Waals surface area contributed by atoms with E-state index in [2.05, 4.69) is 6.07 Å². The molecule has 1 aliphatic carbocycles. The Morgan fingerprint density at radius 3 is 2.41 bits per heavy atom. The number of likely N-dealkylation sites (N-methyl/N-ethyl adjacent to an activating group) is 1. The topological polar surface area (TPSA) is 123 Å². The number of esters is 1. The molecule has 1 fully saturated rings. The minimum Gasteiger partial charge on any atom is -0.482 e. The number of nitriles is 1. The highest BCUT2D eigenvalue weighted by Gasteiger charge is 2.38. The van der Waals surface area contributed by atoms with Gasteiger partial charge in [-0.1, -0.05) is 19.3 Å². The zero-order chi connectivity index (χ0) is 19.9. The van der Waals surface area contributed by atoms with Gasteiger partial charge >= 0.3 is 5.97 Å². The lowest BCUT2D eigenvalue weighted by Crippen LogP contribution is -2.51. The third kappa shape index (κ3) is 5.17. The van der Waals surface area contributed by atoms with E-state index < -0.39 is 35.6 Å². The number of carbonyl (C=O) groups excluding carboxylic acids is 2. The number of rotatable bonds is 7. The number of ether oxygens (including phenoxy) is 2. The smallest absolute Gasteiger partial charge is 0.344 e. The third-order valence-corrected chi connectivity index (χ3v) is 4.67. The molecule has 0 heterocycles. The predicted octanol–water partition coefficient (Wildman–Crippen LogP) is 2.20. The number of amides is 1. The Morgan fingerprint density at radius 1 is 1.22 bits per heavy atom. The molecule has 1 saturated carbocycles. The van der Waals surface area contributed by atoms with Crippen molar-refractivity contribution in [2.45, 2.75) is 37.6 Å². The molecule has 0 spiro atoms. The van der Waals surface area contributed by atoms with Crippen LogP contribution in [0.1, 0.15) is 32.1 Å². The summed E-state index contributed by atoms with van der Waals surface area (Å²) in [6.45, 7) is -0.902. The van der Waals surface area contributed by atoms with E-state index >= 15 is 0 Å². The quantitative estimate of drug-likeness (QED) is 0.406. The maximum atomic E-state index is 12.3. The van der Waals surface area contributed by atoms with Crippen LogP contribution < -0.4 is 4.74 Å². The molecule has 0 bridgehead atoms. The van der Waals surface area contributed by atoms with E-state index in [1.807, 2.05) is 0 Å².